The van der Waals surface area contributed by atoms with Crippen molar-refractivity contribution < 1.29 is 9.90 Å². The lowest BCUT2D eigenvalue weighted by molar-refractivity contribution is -0.140. The molecule has 0 saturated carbocycles. The maximum absolute atomic E-state index is 11.2. The van der Waals surface area contributed by atoms with Gasteiger partial charge in [0.15, 0.2) is 0 Å². The first-order valence-electron chi connectivity index (χ1n) is 7.41. The van der Waals surface area contributed by atoms with Crippen LogP contribution in [0.3, 0.4) is 0 Å². The molecule has 2 rings (SSSR count). The van der Waals surface area contributed by atoms with E-state index < -0.39 is 11.9 Å². The maximum Gasteiger partial charge on any atom is 0.308 e. The molecular formula is C18H22N2O2. The molecule has 0 aliphatic heterocycles. The van der Waals surface area contributed by atoms with Crippen LogP contribution in [0, 0.1) is 19.8 Å². The predicted molar refractivity (Wildman–Crippen MR) is 88.0 cm³/mol. The van der Waals surface area contributed by atoms with Gasteiger partial charge in [0, 0.05) is 19.3 Å². The van der Waals surface area contributed by atoms with Gasteiger partial charge in [0.05, 0.1) is 5.92 Å². The Morgan fingerprint density at radius 1 is 1.14 bits per heavy atom. The fourth-order valence-corrected chi connectivity index (χ4v) is 2.21. The number of hydrogen-bond acceptors (Lipinski definition) is 3. The van der Waals surface area contributed by atoms with Gasteiger partial charge >= 0.3 is 5.97 Å². The first-order chi connectivity index (χ1) is 10.5. The Morgan fingerprint density at radius 3 is 2.32 bits per heavy atom. The van der Waals surface area contributed by atoms with Crippen LogP contribution in [-0.4, -0.2) is 22.6 Å². The quantitative estimate of drug-likeness (QED) is 0.887. The molecule has 2 aromatic rings. The fraction of sp³-hybridized carbons (Fsp3) is 0.333. The van der Waals surface area contributed by atoms with Gasteiger partial charge in [-0.05, 0) is 31.0 Å². The molecule has 116 valence electrons. The minimum atomic E-state index is -0.791. The van der Waals surface area contributed by atoms with E-state index in [0.717, 1.165) is 16.9 Å². The van der Waals surface area contributed by atoms with Gasteiger partial charge < -0.3 is 10.0 Å². The van der Waals surface area contributed by atoms with Crippen molar-refractivity contribution in [2.75, 3.05) is 11.4 Å². The van der Waals surface area contributed by atoms with E-state index in [1.807, 2.05) is 30.2 Å². The molecule has 0 spiro atoms. The van der Waals surface area contributed by atoms with Gasteiger partial charge in [0.1, 0.15) is 5.82 Å². The van der Waals surface area contributed by atoms with Crippen LogP contribution in [-0.2, 0) is 11.3 Å². The zero-order valence-electron chi connectivity index (χ0n) is 13.3. The summed E-state index contributed by atoms with van der Waals surface area (Å²) in [5.74, 6) is -0.436. The second kappa shape index (κ2) is 7.07. The number of carboxylic acids is 1. The molecule has 4 nitrogen and oxygen atoms in total. The van der Waals surface area contributed by atoms with E-state index in [4.69, 9.17) is 0 Å². The molecule has 1 aromatic carbocycles. The summed E-state index contributed by atoms with van der Waals surface area (Å²) in [7, 11) is 0. The van der Waals surface area contributed by atoms with Crippen molar-refractivity contribution >= 4 is 11.8 Å². The second-order valence-corrected chi connectivity index (χ2v) is 5.80. The summed E-state index contributed by atoms with van der Waals surface area (Å²) in [4.78, 5) is 17.6. The Bertz CT molecular complexity index is 621. The molecule has 0 radical (unpaired) electrons. The summed E-state index contributed by atoms with van der Waals surface area (Å²) in [5.41, 5.74) is 3.44. The Kier molecular flexibility index (Phi) is 5.15. The van der Waals surface area contributed by atoms with Crippen molar-refractivity contribution in [2.45, 2.75) is 27.3 Å². The Hall–Kier alpha value is -2.36. The number of pyridine rings is 1. The largest absolute Gasteiger partial charge is 0.481 e. The van der Waals surface area contributed by atoms with Gasteiger partial charge in [0.25, 0.3) is 0 Å². The van der Waals surface area contributed by atoms with Gasteiger partial charge in [-0.3, -0.25) is 4.79 Å². The number of anilines is 1. The van der Waals surface area contributed by atoms with Crippen molar-refractivity contribution in [3.63, 3.8) is 0 Å². The second-order valence-electron chi connectivity index (χ2n) is 5.80. The van der Waals surface area contributed by atoms with Crippen LogP contribution < -0.4 is 4.90 Å². The molecule has 1 unspecified atom stereocenters. The van der Waals surface area contributed by atoms with E-state index in [1.165, 1.54) is 5.56 Å². The number of aromatic nitrogens is 1. The number of rotatable bonds is 6. The molecule has 0 aliphatic rings. The van der Waals surface area contributed by atoms with E-state index in [9.17, 15) is 9.90 Å². The normalized spacial score (nSPS) is 12.0. The fourth-order valence-electron chi connectivity index (χ4n) is 2.21. The molecule has 0 aliphatic carbocycles. The number of hydrogen-bond donors (Lipinski definition) is 1. The topological polar surface area (TPSA) is 53.4 Å². The molecule has 0 bridgehead atoms. The van der Waals surface area contributed by atoms with Crippen molar-refractivity contribution in [3.8, 4) is 0 Å². The molecular weight excluding hydrogens is 276 g/mol. The van der Waals surface area contributed by atoms with E-state index in [1.54, 1.807) is 6.92 Å². The summed E-state index contributed by atoms with van der Waals surface area (Å²) in [6.45, 7) is 6.84. The first kappa shape index (κ1) is 16.0. The van der Waals surface area contributed by atoms with Crippen molar-refractivity contribution in [1.82, 2.24) is 4.98 Å². The lowest BCUT2D eigenvalue weighted by atomic mass is 10.1. The Balaban J connectivity index is 2.22. The van der Waals surface area contributed by atoms with Crippen LogP contribution in [0.2, 0.25) is 0 Å². The molecule has 0 fully saturated rings. The predicted octanol–water partition coefficient (Wildman–Crippen LogP) is 3.43. The van der Waals surface area contributed by atoms with Crippen molar-refractivity contribution in [3.05, 3.63) is 59.3 Å². The lowest BCUT2D eigenvalue weighted by Gasteiger charge is -2.26. The van der Waals surface area contributed by atoms with Gasteiger partial charge in [-0.25, -0.2) is 4.98 Å². The van der Waals surface area contributed by atoms with Gasteiger partial charge in [0.2, 0.25) is 0 Å². The number of benzene rings is 1. The molecule has 4 heteroatoms. The van der Waals surface area contributed by atoms with E-state index in [2.05, 4.69) is 36.2 Å². The monoisotopic (exact) mass is 298 g/mol. The molecule has 1 aromatic heterocycles. The van der Waals surface area contributed by atoms with Crippen LogP contribution in [0.4, 0.5) is 5.82 Å². The van der Waals surface area contributed by atoms with Crippen LogP contribution in [0.15, 0.2) is 42.6 Å². The van der Waals surface area contributed by atoms with Crippen molar-refractivity contribution in [2.24, 2.45) is 5.92 Å². The minimum absolute atomic E-state index is 0.430. The maximum atomic E-state index is 11.2. The summed E-state index contributed by atoms with van der Waals surface area (Å²) >= 11 is 0. The zero-order valence-corrected chi connectivity index (χ0v) is 13.3. The Morgan fingerprint density at radius 2 is 1.77 bits per heavy atom. The van der Waals surface area contributed by atoms with Crippen LogP contribution in [0.1, 0.15) is 23.6 Å². The highest BCUT2D eigenvalue weighted by molar-refractivity contribution is 5.70. The summed E-state index contributed by atoms with van der Waals surface area (Å²) in [6, 6.07) is 12.2. The number of carbonyl (C=O) groups is 1. The van der Waals surface area contributed by atoms with E-state index >= 15 is 0 Å². The average Bonchev–Trinajstić information content (AvgIpc) is 2.49. The SMILES string of the molecule is Cc1ccc(CN(CC(C)C(=O)O)c2ccc(C)cn2)cc1. The first-order valence-corrected chi connectivity index (χ1v) is 7.41. The highest BCUT2D eigenvalue weighted by Gasteiger charge is 2.17. The number of carboxylic acid groups (broad SMARTS) is 1. The summed E-state index contributed by atoms with van der Waals surface area (Å²) in [5, 5.41) is 9.18. The molecule has 0 amide bonds. The van der Waals surface area contributed by atoms with Crippen molar-refractivity contribution in [1.29, 1.82) is 0 Å². The highest BCUT2D eigenvalue weighted by Crippen LogP contribution is 2.17. The third-order valence-corrected chi connectivity index (χ3v) is 3.63. The van der Waals surface area contributed by atoms with Gasteiger partial charge in [-0.1, -0.05) is 42.8 Å². The molecule has 22 heavy (non-hydrogen) atoms. The smallest absolute Gasteiger partial charge is 0.308 e. The lowest BCUT2D eigenvalue weighted by Crippen LogP contribution is -2.32. The highest BCUT2D eigenvalue weighted by atomic mass is 16.4. The number of nitrogens with zero attached hydrogens (tertiary/aromatic N) is 2. The standard InChI is InChI=1S/C18H22N2O2/c1-13-4-7-16(8-5-13)12-20(11-15(3)18(21)22)17-9-6-14(2)10-19-17/h4-10,15H,11-12H2,1-3H3,(H,21,22). The zero-order chi connectivity index (χ0) is 16.1. The molecule has 1 atom stereocenters. The van der Waals surface area contributed by atoms with Crippen LogP contribution >= 0.6 is 0 Å². The third-order valence-electron chi connectivity index (χ3n) is 3.63. The number of aliphatic carboxylic acids is 1. The van der Waals surface area contributed by atoms with Crippen LogP contribution in [0.25, 0.3) is 0 Å². The van der Waals surface area contributed by atoms with E-state index in [0.29, 0.717) is 13.1 Å². The molecule has 0 saturated heterocycles. The van der Waals surface area contributed by atoms with Crippen LogP contribution in [0.5, 0.6) is 0 Å². The number of aryl methyl sites for hydroxylation is 2. The third kappa shape index (κ3) is 4.32. The average molecular weight is 298 g/mol. The summed E-state index contributed by atoms with van der Waals surface area (Å²) in [6.07, 6.45) is 1.81. The molecule has 1 N–H and O–H groups in total. The Labute approximate surface area is 131 Å². The van der Waals surface area contributed by atoms with E-state index in [-0.39, 0.29) is 0 Å². The minimum Gasteiger partial charge on any atom is -0.481 e. The molecule has 1 heterocycles. The van der Waals surface area contributed by atoms with Gasteiger partial charge in [-0.2, -0.15) is 0 Å². The summed E-state index contributed by atoms with van der Waals surface area (Å²) < 4.78 is 0. The van der Waals surface area contributed by atoms with Gasteiger partial charge in [-0.15, -0.1) is 0 Å².